The van der Waals surface area contributed by atoms with Gasteiger partial charge in [-0.3, -0.25) is 0 Å². The van der Waals surface area contributed by atoms with E-state index in [-0.39, 0.29) is 11.9 Å². The minimum atomic E-state index is -4.59. The number of benzene rings is 1. The monoisotopic (exact) mass is 370 g/mol. The highest BCUT2D eigenvalue weighted by Crippen LogP contribution is 2.45. The predicted octanol–water partition coefficient (Wildman–Crippen LogP) is 4.64. The van der Waals surface area contributed by atoms with E-state index in [9.17, 15) is 13.2 Å². The molecule has 4 nitrogen and oxygen atoms in total. The number of alkyl halides is 3. The van der Waals surface area contributed by atoms with Gasteiger partial charge >= 0.3 is 6.18 Å². The van der Waals surface area contributed by atoms with Crippen LogP contribution in [-0.4, -0.2) is 28.9 Å². The van der Waals surface area contributed by atoms with Crippen LogP contribution in [0.3, 0.4) is 0 Å². The molecule has 25 heavy (non-hydrogen) atoms. The minimum absolute atomic E-state index is 0.152. The molecule has 1 aliphatic rings. The van der Waals surface area contributed by atoms with Gasteiger partial charge in [0.25, 0.3) is 5.82 Å². The maximum atomic E-state index is 13.1. The molecule has 1 heterocycles. The molecular weight excluding hydrogens is 349 g/mol. The smallest absolute Gasteiger partial charge is 0.347 e. The van der Waals surface area contributed by atoms with Crippen molar-refractivity contribution in [2.45, 2.75) is 49.6 Å². The van der Waals surface area contributed by atoms with Gasteiger partial charge in [-0.1, -0.05) is 19.9 Å². The highest BCUT2D eigenvalue weighted by molar-refractivity contribution is 7.80. The molecule has 1 saturated carbocycles. The Morgan fingerprint density at radius 2 is 1.88 bits per heavy atom. The molecule has 0 aliphatic heterocycles. The number of halogens is 3. The zero-order chi connectivity index (χ0) is 18.5. The molecule has 2 aromatic rings. The Labute approximate surface area is 150 Å². The summed E-state index contributed by atoms with van der Waals surface area (Å²) in [6.45, 7) is 4.15. The Morgan fingerprint density at radius 3 is 2.36 bits per heavy atom. The van der Waals surface area contributed by atoms with E-state index < -0.39 is 12.0 Å². The Bertz CT molecular complexity index is 792. The summed E-state index contributed by atoms with van der Waals surface area (Å²) in [5.74, 6) is -0.338. The topological polar surface area (TPSA) is 34.0 Å². The predicted molar refractivity (Wildman–Crippen MR) is 94.0 cm³/mol. The van der Waals surface area contributed by atoms with Crippen LogP contribution in [0.1, 0.15) is 55.5 Å². The lowest BCUT2D eigenvalue weighted by Gasteiger charge is -2.19. The van der Waals surface area contributed by atoms with Gasteiger partial charge in [0.15, 0.2) is 0 Å². The van der Waals surface area contributed by atoms with Crippen LogP contribution in [0.5, 0.6) is 0 Å². The van der Waals surface area contributed by atoms with Gasteiger partial charge in [-0.25, -0.2) is 0 Å². The van der Waals surface area contributed by atoms with Crippen molar-refractivity contribution in [3.8, 4) is 5.69 Å². The zero-order valence-corrected chi connectivity index (χ0v) is 15.5. The summed E-state index contributed by atoms with van der Waals surface area (Å²) in [6, 6.07) is 3.88. The van der Waals surface area contributed by atoms with Crippen LogP contribution >= 0.6 is 12.6 Å². The molecule has 1 aromatic heterocycles. The Hall–Kier alpha value is -1.70. The summed E-state index contributed by atoms with van der Waals surface area (Å²) in [7, 11) is 3.31. The lowest BCUT2D eigenvalue weighted by atomic mass is 9.97. The van der Waals surface area contributed by atoms with E-state index in [1.165, 1.54) is 9.58 Å². The molecule has 0 spiro atoms. The van der Waals surface area contributed by atoms with Gasteiger partial charge in [0.1, 0.15) is 0 Å². The summed E-state index contributed by atoms with van der Waals surface area (Å²) in [4.78, 5) is 5.98. The van der Waals surface area contributed by atoms with Crippen LogP contribution in [0.25, 0.3) is 5.69 Å². The van der Waals surface area contributed by atoms with E-state index in [4.69, 9.17) is 0 Å². The van der Waals surface area contributed by atoms with Crippen molar-refractivity contribution in [3.63, 3.8) is 0 Å². The first kappa shape index (κ1) is 18.1. The van der Waals surface area contributed by atoms with Gasteiger partial charge in [-0.15, -0.1) is 17.7 Å². The highest BCUT2D eigenvalue weighted by atomic mass is 32.1. The fourth-order valence-electron chi connectivity index (χ4n) is 2.85. The Balaban J connectivity index is 2.22. The molecule has 0 atom stereocenters. The largest absolute Gasteiger partial charge is 0.453 e. The van der Waals surface area contributed by atoms with E-state index in [1.807, 2.05) is 6.07 Å². The molecule has 1 aromatic carbocycles. The first-order valence-electron chi connectivity index (χ1n) is 8.18. The van der Waals surface area contributed by atoms with Gasteiger partial charge in [-0.05, 0) is 41.9 Å². The standard InChI is InChI=1S/C17H21F3N4S/c1-9(2)11-7-12(10-5-6-10)13(8-14(11)25)24-16(23(3)4)21-15(22-24)17(18,19)20/h7-10,25H,5-6H2,1-4H3. The maximum absolute atomic E-state index is 13.1. The van der Waals surface area contributed by atoms with Crippen molar-refractivity contribution < 1.29 is 13.2 Å². The lowest BCUT2D eigenvalue weighted by molar-refractivity contribution is -0.144. The minimum Gasteiger partial charge on any atom is -0.347 e. The molecule has 1 fully saturated rings. The van der Waals surface area contributed by atoms with Crippen molar-refractivity contribution in [1.29, 1.82) is 0 Å². The van der Waals surface area contributed by atoms with Crippen LogP contribution in [-0.2, 0) is 6.18 Å². The van der Waals surface area contributed by atoms with Gasteiger partial charge in [-0.2, -0.15) is 22.8 Å². The van der Waals surface area contributed by atoms with E-state index >= 15 is 0 Å². The third-order valence-corrected chi connectivity index (χ3v) is 4.67. The fraction of sp³-hybridized carbons (Fsp3) is 0.529. The van der Waals surface area contributed by atoms with Crippen LogP contribution < -0.4 is 4.90 Å². The average molecular weight is 370 g/mol. The lowest BCUT2D eigenvalue weighted by Crippen LogP contribution is -2.16. The van der Waals surface area contributed by atoms with Gasteiger partial charge in [0, 0.05) is 19.0 Å². The van der Waals surface area contributed by atoms with Gasteiger partial charge in [0.2, 0.25) is 5.95 Å². The first-order chi connectivity index (χ1) is 11.6. The van der Waals surface area contributed by atoms with E-state index in [1.54, 1.807) is 14.1 Å². The molecule has 8 heteroatoms. The van der Waals surface area contributed by atoms with Crippen molar-refractivity contribution in [1.82, 2.24) is 14.8 Å². The van der Waals surface area contributed by atoms with Crippen LogP contribution in [0, 0.1) is 0 Å². The quantitative estimate of drug-likeness (QED) is 0.796. The molecule has 0 amide bonds. The number of thiol groups is 1. The molecule has 0 radical (unpaired) electrons. The third-order valence-electron chi connectivity index (χ3n) is 4.29. The SMILES string of the molecule is CC(C)c1cc(C2CC2)c(-n2nc(C(F)(F)F)nc2N(C)C)cc1S. The number of hydrogen-bond acceptors (Lipinski definition) is 4. The molecule has 3 rings (SSSR count). The average Bonchev–Trinajstić information content (AvgIpc) is 3.22. The second kappa shape index (κ2) is 6.23. The van der Waals surface area contributed by atoms with Crippen molar-refractivity contribution in [3.05, 3.63) is 29.1 Å². The summed E-state index contributed by atoms with van der Waals surface area (Å²) < 4.78 is 40.6. The van der Waals surface area contributed by atoms with Gasteiger partial charge in [0.05, 0.1) is 5.69 Å². The second-order valence-electron chi connectivity index (χ2n) is 6.94. The summed E-state index contributed by atoms with van der Waals surface area (Å²) in [5.41, 5.74) is 2.74. The molecule has 136 valence electrons. The van der Waals surface area contributed by atoms with Crippen LogP contribution in [0.2, 0.25) is 0 Å². The van der Waals surface area contributed by atoms with Crippen LogP contribution in [0.15, 0.2) is 17.0 Å². The fourth-order valence-corrected chi connectivity index (χ4v) is 3.30. The number of anilines is 1. The summed E-state index contributed by atoms with van der Waals surface area (Å²) in [5, 5.41) is 3.76. The number of hydrogen-bond donors (Lipinski definition) is 1. The zero-order valence-electron chi connectivity index (χ0n) is 14.6. The second-order valence-corrected chi connectivity index (χ2v) is 7.42. The van der Waals surface area contributed by atoms with E-state index in [2.05, 4.69) is 42.6 Å². The van der Waals surface area contributed by atoms with Crippen molar-refractivity contribution >= 4 is 18.6 Å². The number of aromatic nitrogens is 3. The molecule has 1 aliphatic carbocycles. The highest BCUT2D eigenvalue weighted by Gasteiger charge is 2.38. The number of rotatable bonds is 4. The van der Waals surface area contributed by atoms with Gasteiger partial charge < -0.3 is 4.90 Å². The van der Waals surface area contributed by atoms with E-state index in [0.717, 1.165) is 28.9 Å². The van der Waals surface area contributed by atoms with Crippen molar-refractivity contribution in [2.75, 3.05) is 19.0 Å². The Kier molecular flexibility index (Phi) is 4.51. The molecule has 0 unspecified atom stereocenters. The molecule has 0 N–H and O–H groups in total. The third kappa shape index (κ3) is 3.49. The molecular formula is C17H21F3N4S. The summed E-state index contributed by atoms with van der Waals surface area (Å²) in [6.07, 6.45) is -2.51. The van der Waals surface area contributed by atoms with Crippen LogP contribution in [0.4, 0.5) is 19.1 Å². The van der Waals surface area contributed by atoms with Crippen molar-refractivity contribution in [2.24, 2.45) is 0 Å². The Morgan fingerprint density at radius 1 is 1.24 bits per heavy atom. The van der Waals surface area contributed by atoms with E-state index in [0.29, 0.717) is 11.6 Å². The molecule has 0 saturated heterocycles. The maximum Gasteiger partial charge on any atom is 0.453 e. The first-order valence-corrected chi connectivity index (χ1v) is 8.63. The molecule has 0 bridgehead atoms. The summed E-state index contributed by atoms with van der Waals surface area (Å²) >= 11 is 4.55. The normalized spacial score (nSPS) is 15.1. The number of nitrogens with zero attached hydrogens (tertiary/aromatic N) is 4.